The van der Waals surface area contributed by atoms with Crippen molar-refractivity contribution in [2.24, 2.45) is 0 Å². The van der Waals surface area contributed by atoms with Gasteiger partial charge in [0.15, 0.2) is 5.82 Å². The molecule has 0 radical (unpaired) electrons. The molecule has 0 spiro atoms. The van der Waals surface area contributed by atoms with Crippen LogP contribution in [0, 0.1) is 0 Å². The van der Waals surface area contributed by atoms with Gasteiger partial charge in [-0.1, -0.05) is 92.2 Å². The highest BCUT2D eigenvalue weighted by atomic mass is 16.2. The number of hydrogen-bond acceptors (Lipinski definition) is 6. The van der Waals surface area contributed by atoms with Gasteiger partial charge in [-0.25, -0.2) is 9.89 Å². The summed E-state index contributed by atoms with van der Waals surface area (Å²) in [7, 11) is 0. The summed E-state index contributed by atoms with van der Waals surface area (Å²) in [6.07, 6.45) is 2.61. The Morgan fingerprint density at radius 2 is 1.62 bits per heavy atom. The highest BCUT2D eigenvalue weighted by molar-refractivity contribution is 5.81. The van der Waals surface area contributed by atoms with Crippen LogP contribution in [0.15, 0.2) is 83.7 Å². The molecule has 0 bridgehead atoms. The predicted molar refractivity (Wildman–Crippen MR) is 140 cm³/mol. The molecule has 0 fully saturated rings. The zero-order chi connectivity index (χ0) is 25.6. The Morgan fingerprint density at radius 3 is 2.32 bits per heavy atom. The number of aromatic amines is 1. The van der Waals surface area contributed by atoms with Gasteiger partial charge in [-0.15, -0.1) is 14.9 Å². The molecule has 2 aromatic heterocycles. The van der Waals surface area contributed by atoms with Crippen molar-refractivity contribution in [1.29, 1.82) is 0 Å². The quantitative estimate of drug-likeness (QED) is 0.330. The fourth-order valence-corrected chi connectivity index (χ4v) is 4.31. The summed E-state index contributed by atoms with van der Waals surface area (Å²) in [5, 5.41) is 18.7. The van der Waals surface area contributed by atoms with Crippen LogP contribution in [-0.4, -0.2) is 40.9 Å². The molecule has 0 saturated heterocycles. The average molecular weight is 494 g/mol. The minimum Gasteiger partial charge on any atom is -0.274 e. The van der Waals surface area contributed by atoms with Crippen molar-refractivity contribution in [2.75, 3.05) is 0 Å². The van der Waals surface area contributed by atoms with Gasteiger partial charge in [0.2, 0.25) is 0 Å². The van der Waals surface area contributed by atoms with Crippen LogP contribution in [0.3, 0.4) is 0 Å². The van der Waals surface area contributed by atoms with Crippen LogP contribution in [0.5, 0.6) is 0 Å². The first-order valence-electron chi connectivity index (χ1n) is 12.3. The highest BCUT2D eigenvalue weighted by Crippen LogP contribution is 2.29. The molecule has 0 unspecified atom stereocenters. The Balaban J connectivity index is 1.41. The van der Waals surface area contributed by atoms with E-state index < -0.39 is 5.69 Å². The van der Waals surface area contributed by atoms with E-state index in [1.165, 1.54) is 0 Å². The maximum Gasteiger partial charge on any atom is 0.353 e. The van der Waals surface area contributed by atoms with E-state index in [1.54, 1.807) is 4.57 Å². The molecule has 9 nitrogen and oxygen atoms in total. The first-order chi connectivity index (χ1) is 18.1. The molecular formula is C28H27N7O2. The van der Waals surface area contributed by atoms with Gasteiger partial charge in [0.1, 0.15) is 5.82 Å². The van der Waals surface area contributed by atoms with Gasteiger partial charge < -0.3 is 0 Å². The van der Waals surface area contributed by atoms with E-state index in [0.717, 1.165) is 45.3 Å². The maximum absolute atomic E-state index is 13.3. The molecule has 0 aliphatic heterocycles. The minimum absolute atomic E-state index is 0.125. The monoisotopic (exact) mass is 493 g/mol. The fourth-order valence-electron chi connectivity index (χ4n) is 4.31. The molecule has 1 N–H and O–H groups in total. The van der Waals surface area contributed by atoms with E-state index in [4.69, 9.17) is 0 Å². The molecule has 0 aliphatic rings. The lowest BCUT2D eigenvalue weighted by Gasteiger charge is -2.09. The summed E-state index contributed by atoms with van der Waals surface area (Å²) in [6, 6.07) is 25.3. The Kier molecular flexibility index (Phi) is 7.12. The summed E-state index contributed by atoms with van der Waals surface area (Å²) in [4.78, 5) is 26.2. The first kappa shape index (κ1) is 24.1. The fraction of sp³-hybridized carbons (Fsp3) is 0.214. The SMILES string of the molecule is CCCCc1nn(C(=O)Cc2ccccc2)c(=O)n1Cc1ccc(-c2ccccc2-c2nnn[nH]2)cc1. The standard InChI is InChI=1S/C28H27N7O2/c1-2-3-13-25-31-35(26(36)18-20-9-5-4-6-10-20)28(37)34(25)19-21-14-16-22(17-15-21)23-11-7-8-12-24(23)27-29-32-33-30-27/h4-12,14-17H,2-3,13,18-19H2,1H3,(H,29,30,32,33). The average Bonchev–Trinajstić information content (AvgIpc) is 3.57. The molecule has 0 saturated carbocycles. The molecule has 186 valence electrons. The van der Waals surface area contributed by atoms with Gasteiger partial charge in [-0.2, -0.15) is 0 Å². The summed E-state index contributed by atoms with van der Waals surface area (Å²) in [5.74, 6) is 0.890. The molecule has 5 aromatic rings. The number of benzene rings is 3. The van der Waals surface area contributed by atoms with Crippen LogP contribution < -0.4 is 5.69 Å². The molecule has 37 heavy (non-hydrogen) atoms. The number of carbonyl (C=O) groups is 1. The van der Waals surface area contributed by atoms with Gasteiger partial charge >= 0.3 is 5.69 Å². The number of nitrogens with zero attached hydrogens (tertiary/aromatic N) is 6. The topological polar surface area (TPSA) is 111 Å². The van der Waals surface area contributed by atoms with Crippen LogP contribution in [0.25, 0.3) is 22.5 Å². The van der Waals surface area contributed by atoms with E-state index in [1.807, 2.05) is 78.9 Å². The summed E-state index contributed by atoms with van der Waals surface area (Å²) < 4.78 is 2.63. The van der Waals surface area contributed by atoms with Gasteiger partial charge in [0.25, 0.3) is 5.91 Å². The van der Waals surface area contributed by atoms with Crippen molar-refractivity contribution in [3.63, 3.8) is 0 Å². The maximum atomic E-state index is 13.3. The second kappa shape index (κ2) is 10.9. The van der Waals surface area contributed by atoms with Gasteiger partial charge in [0.05, 0.1) is 13.0 Å². The number of nitrogens with one attached hydrogen (secondary N) is 1. The molecule has 5 rings (SSSR count). The van der Waals surface area contributed by atoms with Crippen LogP contribution >= 0.6 is 0 Å². The van der Waals surface area contributed by atoms with Gasteiger partial charge in [-0.3, -0.25) is 9.36 Å². The number of unbranched alkanes of at least 4 members (excludes halogenated alkanes) is 1. The van der Waals surface area contributed by atoms with Crippen molar-refractivity contribution < 1.29 is 4.79 Å². The van der Waals surface area contributed by atoms with Crippen LogP contribution in [0.4, 0.5) is 0 Å². The molecule has 2 heterocycles. The van der Waals surface area contributed by atoms with Crippen LogP contribution in [0.1, 0.15) is 41.5 Å². The van der Waals surface area contributed by atoms with Crippen LogP contribution in [-0.2, 0) is 19.4 Å². The Bertz CT molecular complexity index is 1540. The van der Waals surface area contributed by atoms with Gasteiger partial charge in [0, 0.05) is 12.0 Å². The summed E-state index contributed by atoms with van der Waals surface area (Å²) in [5.41, 5.74) is 4.28. The van der Waals surface area contributed by atoms with Crippen molar-refractivity contribution in [3.05, 3.63) is 106 Å². The minimum atomic E-state index is -0.403. The lowest BCUT2D eigenvalue weighted by atomic mass is 9.98. The number of aryl methyl sites for hydroxylation is 1. The van der Waals surface area contributed by atoms with Crippen molar-refractivity contribution in [3.8, 4) is 22.5 Å². The second-order valence-electron chi connectivity index (χ2n) is 8.85. The zero-order valence-corrected chi connectivity index (χ0v) is 20.5. The third-order valence-corrected chi connectivity index (χ3v) is 6.26. The number of rotatable bonds is 9. The van der Waals surface area contributed by atoms with Crippen molar-refractivity contribution in [1.82, 2.24) is 35.0 Å². The number of aromatic nitrogens is 7. The Hall–Kier alpha value is -4.66. The number of hydrogen-bond donors (Lipinski definition) is 1. The third kappa shape index (κ3) is 5.30. The largest absolute Gasteiger partial charge is 0.353 e. The van der Waals surface area contributed by atoms with E-state index in [0.29, 0.717) is 24.6 Å². The zero-order valence-electron chi connectivity index (χ0n) is 20.5. The summed E-state index contributed by atoms with van der Waals surface area (Å²) >= 11 is 0. The molecule has 0 atom stereocenters. The normalized spacial score (nSPS) is 11.1. The smallest absolute Gasteiger partial charge is 0.274 e. The number of H-pyrrole nitrogens is 1. The summed E-state index contributed by atoms with van der Waals surface area (Å²) in [6.45, 7) is 2.43. The molecule has 3 aromatic carbocycles. The number of tetrazole rings is 1. The number of carbonyl (C=O) groups excluding carboxylic acids is 1. The van der Waals surface area contributed by atoms with Crippen LogP contribution in [0.2, 0.25) is 0 Å². The molecule has 9 heteroatoms. The Labute approximate surface area is 213 Å². The van der Waals surface area contributed by atoms with Gasteiger partial charge in [-0.05, 0) is 39.1 Å². The second-order valence-corrected chi connectivity index (χ2v) is 8.85. The van der Waals surface area contributed by atoms with E-state index >= 15 is 0 Å². The third-order valence-electron chi connectivity index (χ3n) is 6.26. The van der Waals surface area contributed by atoms with E-state index in [2.05, 4.69) is 32.6 Å². The van der Waals surface area contributed by atoms with Crippen molar-refractivity contribution in [2.45, 2.75) is 39.2 Å². The van der Waals surface area contributed by atoms with E-state index in [-0.39, 0.29) is 12.3 Å². The molecular weight excluding hydrogens is 466 g/mol. The lowest BCUT2D eigenvalue weighted by molar-refractivity contribution is 0.0892. The molecule has 0 amide bonds. The predicted octanol–water partition coefficient (Wildman–Crippen LogP) is 4.17. The first-order valence-corrected chi connectivity index (χ1v) is 12.3. The van der Waals surface area contributed by atoms with E-state index in [9.17, 15) is 9.59 Å². The molecule has 0 aliphatic carbocycles. The highest BCUT2D eigenvalue weighted by Gasteiger charge is 2.19. The van der Waals surface area contributed by atoms with Crippen molar-refractivity contribution >= 4 is 5.91 Å². The lowest BCUT2D eigenvalue weighted by Crippen LogP contribution is -2.31. The Morgan fingerprint density at radius 1 is 0.892 bits per heavy atom.